The molecule has 0 amide bonds. The average molecular weight is 399 g/mol. The average Bonchev–Trinajstić information content (AvgIpc) is 3.14. The summed E-state index contributed by atoms with van der Waals surface area (Å²) in [7, 11) is 0. The molecule has 0 saturated carbocycles. The first-order chi connectivity index (χ1) is 13.2. The van der Waals surface area contributed by atoms with Crippen LogP contribution in [-0.2, 0) is 6.54 Å². The predicted octanol–water partition coefficient (Wildman–Crippen LogP) is 5.46. The fourth-order valence-corrected chi connectivity index (χ4v) is 3.93. The lowest BCUT2D eigenvalue weighted by Crippen LogP contribution is -2.12. The maximum atomic E-state index is 6.48. The molecule has 0 radical (unpaired) electrons. The number of hydrogen-bond donors (Lipinski definition) is 2. The van der Waals surface area contributed by atoms with E-state index in [4.69, 9.17) is 28.9 Å². The summed E-state index contributed by atoms with van der Waals surface area (Å²) in [5.41, 5.74) is 12.1. The third-order valence-corrected chi connectivity index (χ3v) is 5.30. The number of benzene rings is 1. The Bertz CT molecular complexity index is 1050. The van der Waals surface area contributed by atoms with Crippen LogP contribution in [0.5, 0.6) is 0 Å². The number of aromatic nitrogens is 2. The summed E-state index contributed by atoms with van der Waals surface area (Å²) in [6.07, 6.45) is 14.5. The maximum Gasteiger partial charge on any atom is 0.160 e. The van der Waals surface area contributed by atoms with E-state index >= 15 is 0 Å². The third kappa shape index (κ3) is 3.61. The molecular formula is C21H20Cl2N4. The molecule has 0 spiro atoms. The predicted molar refractivity (Wildman–Crippen MR) is 113 cm³/mol. The van der Waals surface area contributed by atoms with Crippen LogP contribution in [0.1, 0.15) is 18.4 Å². The quantitative estimate of drug-likeness (QED) is 0.600. The molecule has 0 unspecified atom stereocenters. The van der Waals surface area contributed by atoms with Crippen LogP contribution < -0.4 is 11.1 Å². The molecule has 27 heavy (non-hydrogen) atoms. The number of rotatable bonds is 5. The maximum absolute atomic E-state index is 6.48. The van der Waals surface area contributed by atoms with Crippen LogP contribution in [0.3, 0.4) is 0 Å². The van der Waals surface area contributed by atoms with Gasteiger partial charge in [-0.1, -0.05) is 47.5 Å². The molecule has 3 aromatic rings. The second-order valence-electron chi connectivity index (χ2n) is 6.50. The highest BCUT2D eigenvalue weighted by Gasteiger charge is 2.17. The molecular weight excluding hydrogens is 379 g/mol. The molecule has 0 saturated heterocycles. The molecule has 2 heterocycles. The zero-order valence-electron chi connectivity index (χ0n) is 14.8. The van der Waals surface area contributed by atoms with Crippen LogP contribution in [0.25, 0.3) is 16.8 Å². The number of hydrogen-bond acceptors (Lipinski definition) is 3. The van der Waals surface area contributed by atoms with Gasteiger partial charge in [-0.3, -0.25) is 0 Å². The number of allylic oxidation sites excluding steroid dienone is 2. The van der Waals surface area contributed by atoms with Crippen molar-refractivity contribution in [2.45, 2.75) is 19.4 Å². The summed E-state index contributed by atoms with van der Waals surface area (Å²) >= 11 is 12.6. The minimum atomic E-state index is 0.370. The second-order valence-corrected chi connectivity index (χ2v) is 7.34. The summed E-state index contributed by atoms with van der Waals surface area (Å²) in [5, 5.41) is 4.76. The third-order valence-electron chi connectivity index (χ3n) is 4.75. The van der Waals surface area contributed by atoms with Gasteiger partial charge in [-0.05, 0) is 30.5 Å². The van der Waals surface area contributed by atoms with Gasteiger partial charge in [0, 0.05) is 58.4 Å². The number of nitrogens with zero attached hydrogens (tertiary/aromatic N) is 2. The minimum Gasteiger partial charge on any atom is -0.378 e. The van der Waals surface area contributed by atoms with Gasteiger partial charge in [0.2, 0.25) is 0 Å². The summed E-state index contributed by atoms with van der Waals surface area (Å²) in [4.78, 5) is 4.52. The number of nitrogens with two attached hydrogens (primary N) is 1. The molecule has 0 bridgehead atoms. The lowest BCUT2D eigenvalue weighted by Gasteiger charge is -2.18. The van der Waals surface area contributed by atoms with Crippen molar-refractivity contribution in [1.82, 2.24) is 9.38 Å². The van der Waals surface area contributed by atoms with E-state index < -0.39 is 0 Å². The molecule has 1 aliphatic carbocycles. The van der Waals surface area contributed by atoms with Crippen molar-refractivity contribution >= 4 is 34.5 Å². The van der Waals surface area contributed by atoms with Gasteiger partial charge >= 0.3 is 0 Å². The fourth-order valence-electron chi connectivity index (χ4n) is 3.42. The lowest BCUT2D eigenvalue weighted by molar-refractivity contribution is 1.000. The Hall–Kier alpha value is -2.27. The molecule has 6 heteroatoms. The molecule has 0 atom stereocenters. The number of anilines is 1. The van der Waals surface area contributed by atoms with Crippen molar-refractivity contribution in [2.75, 3.05) is 11.9 Å². The van der Waals surface area contributed by atoms with Gasteiger partial charge in [0.05, 0.1) is 5.69 Å². The highest BCUT2D eigenvalue weighted by atomic mass is 35.5. The van der Waals surface area contributed by atoms with E-state index in [9.17, 15) is 0 Å². The summed E-state index contributed by atoms with van der Waals surface area (Å²) in [6.45, 7) is 1.10. The molecule has 0 aliphatic heterocycles. The number of fused-ring (bicyclic) bond motifs is 1. The first-order valence-corrected chi connectivity index (χ1v) is 9.66. The van der Waals surface area contributed by atoms with E-state index in [-0.39, 0.29) is 0 Å². The molecule has 4 nitrogen and oxygen atoms in total. The first-order valence-electron chi connectivity index (χ1n) is 8.91. The van der Waals surface area contributed by atoms with Gasteiger partial charge in [0.25, 0.3) is 0 Å². The van der Waals surface area contributed by atoms with E-state index in [1.165, 1.54) is 5.57 Å². The normalized spacial score (nSPS) is 13.8. The molecule has 4 rings (SSSR count). The minimum absolute atomic E-state index is 0.370. The highest BCUT2D eigenvalue weighted by molar-refractivity contribution is 6.36. The zero-order chi connectivity index (χ0) is 18.8. The Morgan fingerprint density at radius 1 is 1.19 bits per heavy atom. The van der Waals surface area contributed by atoms with E-state index in [0.29, 0.717) is 16.6 Å². The standard InChI is InChI=1S/C21H20Cl2N4/c22-15-6-7-16(19(23)10-15)18-13-27-9-8-25-21(27)20(17(18)11-24)26-12-14-4-2-1-3-5-14/h2,4-10,13,26H,1,3,11-12,24H2. The number of halogens is 2. The monoisotopic (exact) mass is 398 g/mol. The van der Waals surface area contributed by atoms with E-state index in [1.54, 1.807) is 12.3 Å². The molecule has 1 aliphatic rings. The van der Waals surface area contributed by atoms with Crippen molar-refractivity contribution in [2.24, 2.45) is 5.73 Å². The molecule has 3 N–H and O–H groups in total. The summed E-state index contributed by atoms with van der Waals surface area (Å²) in [6, 6.07) is 5.52. The number of imidazole rings is 1. The van der Waals surface area contributed by atoms with Crippen LogP contribution in [0, 0.1) is 0 Å². The zero-order valence-corrected chi connectivity index (χ0v) is 16.3. The fraction of sp³-hybridized carbons (Fsp3) is 0.190. The Labute approximate surface area is 168 Å². The highest BCUT2D eigenvalue weighted by Crippen LogP contribution is 2.36. The molecule has 0 fully saturated rings. The van der Waals surface area contributed by atoms with Crippen molar-refractivity contribution < 1.29 is 0 Å². The van der Waals surface area contributed by atoms with Crippen molar-refractivity contribution in [3.8, 4) is 11.1 Å². The van der Waals surface area contributed by atoms with E-state index in [2.05, 4.69) is 28.5 Å². The van der Waals surface area contributed by atoms with Gasteiger partial charge < -0.3 is 15.5 Å². The summed E-state index contributed by atoms with van der Waals surface area (Å²) in [5.74, 6) is 0. The van der Waals surface area contributed by atoms with Gasteiger partial charge in [-0.2, -0.15) is 0 Å². The Balaban J connectivity index is 1.82. The van der Waals surface area contributed by atoms with Crippen LogP contribution >= 0.6 is 23.2 Å². The molecule has 1 aromatic carbocycles. The summed E-state index contributed by atoms with van der Waals surface area (Å²) < 4.78 is 1.99. The topological polar surface area (TPSA) is 55.4 Å². The lowest BCUT2D eigenvalue weighted by atomic mass is 9.99. The van der Waals surface area contributed by atoms with Crippen molar-refractivity contribution in [3.05, 3.63) is 76.2 Å². The van der Waals surface area contributed by atoms with Gasteiger partial charge in [0.15, 0.2) is 5.65 Å². The van der Waals surface area contributed by atoms with Gasteiger partial charge in [-0.25, -0.2) is 4.98 Å². The van der Waals surface area contributed by atoms with Gasteiger partial charge in [0.1, 0.15) is 0 Å². The Kier molecular flexibility index (Phi) is 5.21. The SMILES string of the molecule is NCc1c(-c2ccc(Cl)cc2Cl)cn2ccnc2c1NCC1=CCCC=C1. The first kappa shape index (κ1) is 18.1. The van der Waals surface area contributed by atoms with Crippen LogP contribution in [0.15, 0.2) is 60.6 Å². The van der Waals surface area contributed by atoms with Crippen LogP contribution in [0.2, 0.25) is 10.0 Å². The van der Waals surface area contributed by atoms with Crippen LogP contribution in [-0.4, -0.2) is 15.9 Å². The van der Waals surface area contributed by atoms with E-state index in [0.717, 1.165) is 47.4 Å². The van der Waals surface area contributed by atoms with Gasteiger partial charge in [-0.15, -0.1) is 0 Å². The van der Waals surface area contributed by atoms with Crippen LogP contribution in [0.4, 0.5) is 5.69 Å². The Morgan fingerprint density at radius 2 is 2.07 bits per heavy atom. The number of pyridine rings is 1. The van der Waals surface area contributed by atoms with E-state index in [1.807, 2.05) is 28.9 Å². The smallest absolute Gasteiger partial charge is 0.160 e. The molecule has 138 valence electrons. The largest absolute Gasteiger partial charge is 0.378 e. The Morgan fingerprint density at radius 3 is 2.81 bits per heavy atom. The van der Waals surface area contributed by atoms with Crippen molar-refractivity contribution in [1.29, 1.82) is 0 Å². The molecule has 2 aromatic heterocycles. The van der Waals surface area contributed by atoms with Crippen molar-refractivity contribution in [3.63, 3.8) is 0 Å². The number of nitrogens with one attached hydrogen (secondary N) is 1. The second kappa shape index (κ2) is 7.77.